The van der Waals surface area contributed by atoms with Gasteiger partial charge in [-0.3, -0.25) is 0 Å². The number of nitrogens with one attached hydrogen (secondary N) is 1. The zero-order valence-corrected chi connectivity index (χ0v) is 10.7. The minimum absolute atomic E-state index is 0.380. The molecule has 0 aromatic heterocycles. The summed E-state index contributed by atoms with van der Waals surface area (Å²) >= 11 is 0. The van der Waals surface area contributed by atoms with Crippen LogP contribution >= 0.6 is 0 Å². The highest BCUT2D eigenvalue weighted by Crippen LogP contribution is 2.17. The molecule has 0 aliphatic carbocycles. The first-order chi connectivity index (χ1) is 7.57. The van der Waals surface area contributed by atoms with Crippen LogP contribution in [-0.2, 0) is 13.1 Å². The summed E-state index contributed by atoms with van der Waals surface area (Å²) < 4.78 is 0. The lowest BCUT2D eigenvalue weighted by molar-refractivity contribution is 0.327. The minimum Gasteiger partial charge on any atom is -0.326 e. The average molecular weight is 220 g/mol. The summed E-state index contributed by atoms with van der Waals surface area (Å²) in [5, 5.41) is 3.50. The average Bonchev–Trinajstić information content (AvgIpc) is 2.29. The van der Waals surface area contributed by atoms with E-state index < -0.39 is 0 Å². The van der Waals surface area contributed by atoms with E-state index >= 15 is 0 Å². The molecular formula is C14H24N2. The van der Waals surface area contributed by atoms with Crippen LogP contribution in [0.25, 0.3) is 0 Å². The Morgan fingerprint density at radius 1 is 1.25 bits per heavy atom. The van der Waals surface area contributed by atoms with Crippen molar-refractivity contribution in [2.24, 2.45) is 11.1 Å². The van der Waals surface area contributed by atoms with Crippen LogP contribution in [0.4, 0.5) is 0 Å². The third-order valence-corrected chi connectivity index (χ3v) is 3.12. The molecule has 0 atom stereocenters. The van der Waals surface area contributed by atoms with Crippen molar-refractivity contribution in [2.75, 3.05) is 6.54 Å². The third-order valence-electron chi connectivity index (χ3n) is 3.12. The molecule has 0 saturated carbocycles. The maximum absolute atomic E-state index is 5.62. The van der Waals surface area contributed by atoms with Crippen LogP contribution in [0.15, 0.2) is 24.3 Å². The molecule has 0 spiro atoms. The first-order valence-electron chi connectivity index (χ1n) is 6.06. The maximum Gasteiger partial charge on any atom is 0.0205 e. The van der Waals surface area contributed by atoms with Crippen molar-refractivity contribution in [1.29, 1.82) is 0 Å². The number of benzene rings is 1. The number of nitrogens with two attached hydrogens (primary N) is 1. The summed E-state index contributed by atoms with van der Waals surface area (Å²) in [6, 6.07) is 8.46. The fourth-order valence-electron chi connectivity index (χ4n) is 1.54. The van der Waals surface area contributed by atoms with Gasteiger partial charge in [0.25, 0.3) is 0 Å². The molecule has 0 fully saturated rings. The molecule has 0 radical (unpaired) electrons. The zero-order valence-electron chi connectivity index (χ0n) is 10.7. The molecule has 0 bridgehead atoms. The van der Waals surface area contributed by atoms with E-state index in [1.165, 1.54) is 17.5 Å². The Kier molecular flexibility index (Phi) is 4.97. The molecule has 1 aromatic carbocycles. The van der Waals surface area contributed by atoms with Crippen molar-refractivity contribution in [3.8, 4) is 0 Å². The molecule has 16 heavy (non-hydrogen) atoms. The molecule has 2 nitrogen and oxygen atoms in total. The molecule has 0 unspecified atom stereocenters. The Morgan fingerprint density at radius 2 is 1.94 bits per heavy atom. The van der Waals surface area contributed by atoms with E-state index in [2.05, 4.69) is 50.4 Å². The SMILES string of the molecule is CCC(C)(C)CNCc1cccc(CN)c1. The summed E-state index contributed by atoms with van der Waals surface area (Å²) in [4.78, 5) is 0. The zero-order chi connectivity index (χ0) is 12.0. The second-order valence-corrected chi connectivity index (χ2v) is 5.15. The van der Waals surface area contributed by atoms with Gasteiger partial charge in [-0.2, -0.15) is 0 Å². The van der Waals surface area contributed by atoms with Gasteiger partial charge in [-0.1, -0.05) is 45.0 Å². The highest BCUT2D eigenvalue weighted by atomic mass is 14.9. The third kappa shape index (κ3) is 4.33. The van der Waals surface area contributed by atoms with Gasteiger partial charge in [0.2, 0.25) is 0 Å². The van der Waals surface area contributed by atoms with E-state index in [-0.39, 0.29) is 0 Å². The maximum atomic E-state index is 5.62. The fourth-order valence-corrected chi connectivity index (χ4v) is 1.54. The summed E-state index contributed by atoms with van der Waals surface area (Å²) in [7, 11) is 0. The smallest absolute Gasteiger partial charge is 0.0205 e. The van der Waals surface area contributed by atoms with Crippen molar-refractivity contribution in [1.82, 2.24) is 5.32 Å². The van der Waals surface area contributed by atoms with Gasteiger partial charge in [-0.15, -0.1) is 0 Å². The van der Waals surface area contributed by atoms with Crippen molar-refractivity contribution in [3.05, 3.63) is 35.4 Å². The second kappa shape index (κ2) is 6.02. The molecule has 3 N–H and O–H groups in total. The van der Waals surface area contributed by atoms with Crippen LogP contribution < -0.4 is 11.1 Å². The molecular weight excluding hydrogens is 196 g/mol. The first-order valence-corrected chi connectivity index (χ1v) is 6.06. The quantitative estimate of drug-likeness (QED) is 0.773. The standard InChI is InChI=1S/C14H24N2/c1-4-14(2,3)11-16-10-13-7-5-6-12(8-13)9-15/h5-8,16H,4,9-11,15H2,1-3H3. The van der Waals surface area contributed by atoms with Gasteiger partial charge in [0, 0.05) is 19.6 Å². The summed E-state index contributed by atoms with van der Waals surface area (Å²) in [6.45, 7) is 9.41. The van der Waals surface area contributed by atoms with Gasteiger partial charge in [-0.05, 0) is 23.0 Å². The fraction of sp³-hybridized carbons (Fsp3) is 0.571. The van der Waals surface area contributed by atoms with Crippen LogP contribution in [0.1, 0.15) is 38.3 Å². The minimum atomic E-state index is 0.380. The van der Waals surface area contributed by atoms with Gasteiger partial charge < -0.3 is 11.1 Å². The van der Waals surface area contributed by atoms with E-state index in [4.69, 9.17) is 5.73 Å². The molecule has 0 aliphatic heterocycles. The van der Waals surface area contributed by atoms with Crippen LogP contribution in [0.3, 0.4) is 0 Å². The summed E-state index contributed by atoms with van der Waals surface area (Å²) in [5.41, 5.74) is 8.52. The van der Waals surface area contributed by atoms with Crippen LogP contribution in [0.5, 0.6) is 0 Å². The Bertz CT molecular complexity index is 318. The van der Waals surface area contributed by atoms with E-state index in [0.29, 0.717) is 12.0 Å². The largest absolute Gasteiger partial charge is 0.326 e. The van der Waals surface area contributed by atoms with Gasteiger partial charge in [0.05, 0.1) is 0 Å². The second-order valence-electron chi connectivity index (χ2n) is 5.15. The molecule has 1 rings (SSSR count). The lowest BCUT2D eigenvalue weighted by atomic mass is 9.90. The molecule has 0 amide bonds. The van der Waals surface area contributed by atoms with Crippen LogP contribution in [0, 0.1) is 5.41 Å². The van der Waals surface area contributed by atoms with Gasteiger partial charge >= 0.3 is 0 Å². The van der Waals surface area contributed by atoms with Gasteiger partial charge in [-0.25, -0.2) is 0 Å². The van der Waals surface area contributed by atoms with E-state index in [0.717, 1.165) is 13.1 Å². The van der Waals surface area contributed by atoms with Crippen molar-refractivity contribution in [3.63, 3.8) is 0 Å². The van der Waals surface area contributed by atoms with Crippen molar-refractivity contribution < 1.29 is 0 Å². The molecule has 1 aromatic rings. The number of rotatable bonds is 6. The number of hydrogen-bond donors (Lipinski definition) is 2. The lowest BCUT2D eigenvalue weighted by Crippen LogP contribution is -2.28. The predicted octanol–water partition coefficient (Wildman–Crippen LogP) is 2.67. The summed E-state index contributed by atoms with van der Waals surface area (Å²) in [6.07, 6.45) is 1.20. The van der Waals surface area contributed by atoms with Gasteiger partial charge in [0.1, 0.15) is 0 Å². The monoisotopic (exact) mass is 220 g/mol. The van der Waals surface area contributed by atoms with Crippen LogP contribution in [0.2, 0.25) is 0 Å². The molecule has 0 aliphatic rings. The van der Waals surface area contributed by atoms with Gasteiger partial charge in [0.15, 0.2) is 0 Å². The summed E-state index contributed by atoms with van der Waals surface area (Å²) in [5.74, 6) is 0. The Balaban J connectivity index is 2.42. The Hall–Kier alpha value is -0.860. The number of hydrogen-bond acceptors (Lipinski definition) is 2. The topological polar surface area (TPSA) is 38.0 Å². The van der Waals surface area contributed by atoms with Crippen LogP contribution in [-0.4, -0.2) is 6.54 Å². The van der Waals surface area contributed by atoms with Crippen molar-refractivity contribution >= 4 is 0 Å². The molecule has 2 heteroatoms. The predicted molar refractivity (Wildman–Crippen MR) is 70.1 cm³/mol. The van der Waals surface area contributed by atoms with E-state index in [1.54, 1.807) is 0 Å². The molecule has 90 valence electrons. The van der Waals surface area contributed by atoms with E-state index in [1.807, 2.05) is 0 Å². The Morgan fingerprint density at radius 3 is 2.56 bits per heavy atom. The normalized spacial score (nSPS) is 11.8. The highest BCUT2D eigenvalue weighted by molar-refractivity contribution is 5.23. The Labute approximate surface area is 99.2 Å². The van der Waals surface area contributed by atoms with Crippen molar-refractivity contribution in [2.45, 2.75) is 40.3 Å². The molecule has 0 saturated heterocycles. The first kappa shape index (κ1) is 13.2. The molecule has 0 heterocycles. The highest BCUT2D eigenvalue weighted by Gasteiger charge is 2.13. The lowest BCUT2D eigenvalue weighted by Gasteiger charge is -2.23. The van der Waals surface area contributed by atoms with E-state index in [9.17, 15) is 0 Å².